The maximum atomic E-state index is 5.53. The lowest BCUT2D eigenvalue weighted by Crippen LogP contribution is -2.12. The Bertz CT molecular complexity index is 557. The van der Waals surface area contributed by atoms with Crippen molar-refractivity contribution in [2.75, 3.05) is 19.1 Å². The molecule has 1 heterocycles. The van der Waals surface area contributed by atoms with Crippen LogP contribution in [0.2, 0.25) is 0 Å². The molecule has 0 unspecified atom stereocenters. The maximum absolute atomic E-state index is 5.53. The molecule has 8 nitrogen and oxygen atoms in total. The van der Waals surface area contributed by atoms with Gasteiger partial charge in [-0.15, -0.1) is 4.98 Å². The number of hydrogen-bond donors (Lipinski definition) is 2. The van der Waals surface area contributed by atoms with Crippen LogP contribution >= 0.6 is 0 Å². The number of hydrogen-bond acceptors (Lipinski definition) is 8. The number of hydrazine groups is 1. The number of benzene rings is 1. The first kappa shape index (κ1) is 13.8. The molecule has 2 rings (SSSR count). The monoisotopic (exact) mass is 277 g/mol. The molecule has 0 aliphatic carbocycles. The summed E-state index contributed by atoms with van der Waals surface area (Å²) in [4.78, 5) is 11.8. The van der Waals surface area contributed by atoms with E-state index < -0.39 is 0 Å². The fraction of sp³-hybridized carbons (Fsp3) is 0.250. The minimum absolute atomic E-state index is 0.0680. The fourth-order valence-corrected chi connectivity index (χ4v) is 1.44. The summed E-state index contributed by atoms with van der Waals surface area (Å²) >= 11 is 0. The van der Waals surface area contributed by atoms with Crippen molar-refractivity contribution in [1.82, 2.24) is 15.0 Å². The highest BCUT2D eigenvalue weighted by Crippen LogP contribution is 2.24. The average Bonchev–Trinajstić information content (AvgIpc) is 2.47. The van der Waals surface area contributed by atoms with Gasteiger partial charge in [0.2, 0.25) is 5.95 Å². The standard InChI is InChI=1S/C12H15N5O3/c1-3-19-8-5-4-6-9(7-8)20-12-15-10(17-13)14-11(16-12)18-2/h4-7H,3,13H2,1-2H3,(H,14,15,16,17). The molecule has 0 radical (unpaired) electrons. The van der Waals surface area contributed by atoms with Crippen molar-refractivity contribution in [2.24, 2.45) is 5.84 Å². The molecule has 0 spiro atoms. The number of nitrogens with one attached hydrogen (secondary N) is 1. The van der Waals surface area contributed by atoms with E-state index in [2.05, 4.69) is 20.4 Å². The van der Waals surface area contributed by atoms with Gasteiger partial charge in [0.05, 0.1) is 13.7 Å². The van der Waals surface area contributed by atoms with Gasteiger partial charge in [-0.25, -0.2) is 5.84 Å². The highest BCUT2D eigenvalue weighted by atomic mass is 16.5. The van der Waals surface area contributed by atoms with Crippen molar-refractivity contribution >= 4 is 5.95 Å². The number of nitrogen functional groups attached to an aromatic ring is 1. The minimum atomic E-state index is 0.0680. The topological polar surface area (TPSA) is 104 Å². The van der Waals surface area contributed by atoms with Crippen LogP contribution in [0.4, 0.5) is 5.95 Å². The van der Waals surface area contributed by atoms with Gasteiger partial charge in [0.1, 0.15) is 11.5 Å². The number of ether oxygens (including phenoxy) is 3. The number of rotatable bonds is 6. The van der Waals surface area contributed by atoms with Crippen LogP contribution in [0, 0.1) is 0 Å². The van der Waals surface area contributed by atoms with E-state index in [1.165, 1.54) is 7.11 Å². The molecule has 8 heteroatoms. The molecule has 106 valence electrons. The normalized spacial score (nSPS) is 9.95. The first-order valence-electron chi connectivity index (χ1n) is 5.92. The molecule has 0 amide bonds. The van der Waals surface area contributed by atoms with Crippen LogP contribution in [0.15, 0.2) is 24.3 Å². The van der Waals surface area contributed by atoms with Gasteiger partial charge < -0.3 is 14.2 Å². The first-order valence-corrected chi connectivity index (χ1v) is 5.92. The molecule has 0 atom stereocenters. The Morgan fingerprint density at radius 3 is 2.60 bits per heavy atom. The highest BCUT2D eigenvalue weighted by Gasteiger charge is 2.08. The largest absolute Gasteiger partial charge is 0.494 e. The van der Waals surface area contributed by atoms with Crippen molar-refractivity contribution < 1.29 is 14.2 Å². The number of aromatic nitrogens is 3. The second-order valence-corrected chi connectivity index (χ2v) is 3.58. The van der Waals surface area contributed by atoms with Crippen LogP contribution in [-0.2, 0) is 0 Å². The fourth-order valence-electron chi connectivity index (χ4n) is 1.44. The van der Waals surface area contributed by atoms with E-state index in [-0.39, 0.29) is 18.0 Å². The molecular formula is C12H15N5O3. The van der Waals surface area contributed by atoms with Crippen LogP contribution in [0.25, 0.3) is 0 Å². The molecular weight excluding hydrogens is 262 g/mol. The van der Waals surface area contributed by atoms with Gasteiger partial charge in [-0.2, -0.15) is 9.97 Å². The van der Waals surface area contributed by atoms with Crippen molar-refractivity contribution in [3.63, 3.8) is 0 Å². The summed E-state index contributed by atoms with van der Waals surface area (Å²) in [7, 11) is 1.44. The lowest BCUT2D eigenvalue weighted by molar-refractivity contribution is 0.336. The third-order valence-electron chi connectivity index (χ3n) is 2.23. The Hall–Kier alpha value is -2.61. The van der Waals surface area contributed by atoms with Crippen LogP contribution < -0.4 is 25.5 Å². The Labute approximate surface area is 115 Å². The van der Waals surface area contributed by atoms with E-state index >= 15 is 0 Å². The zero-order valence-corrected chi connectivity index (χ0v) is 11.2. The van der Waals surface area contributed by atoms with Gasteiger partial charge in [-0.3, -0.25) is 5.43 Å². The predicted octanol–water partition coefficient (Wildman–Crippen LogP) is 1.36. The van der Waals surface area contributed by atoms with Gasteiger partial charge in [-0.1, -0.05) is 6.07 Å². The third kappa shape index (κ3) is 3.45. The van der Waals surface area contributed by atoms with Crippen LogP contribution in [0.5, 0.6) is 23.5 Å². The number of anilines is 1. The second-order valence-electron chi connectivity index (χ2n) is 3.58. The first-order chi connectivity index (χ1) is 9.75. The van der Waals surface area contributed by atoms with Crippen LogP contribution in [0.1, 0.15) is 6.92 Å². The van der Waals surface area contributed by atoms with Gasteiger partial charge >= 0.3 is 12.0 Å². The maximum Gasteiger partial charge on any atom is 0.330 e. The number of methoxy groups -OCH3 is 1. The molecule has 1 aromatic heterocycles. The molecule has 3 N–H and O–H groups in total. The van der Waals surface area contributed by atoms with E-state index in [1.54, 1.807) is 18.2 Å². The molecule has 0 aliphatic rings. The zero-order chi connectivity index (χ0) is 14.4. The molecule has 0 aliphatic heterocycles. The summed E-state index contributed by atoms with van der Waals surface area (Å²) in [5.41, 5.74) is 2.31. The van der Waals surface area contributed by atoms with Gasteiger partial charge in [-0.05, 0) is 19.1 Å². The van der Waals surface area contributed by atoms with Crippen LogP contribution in [-0.4, -0.2) is 28.7 Å². The van der Waals surface area contributed by atoms with E-state index in [1.807, 2.05) is 13.0 Å². The summed E-state index contributed by atoms with van der Waals surface area (Å²) in [6, 6.07) is 7.30. The summed E-state index contributed by atoms with van der Waals surface area (Å²) in [5.74, 6) is 6.64. The summed E-state index contributed by atoms with van der Waals surface area (Å²) in [5, 5.41) is 0. The predicted molar refractivity (Wildman–Crippen MR) is 71.9 cm³/mol. The van der Waals surface area contributed by atoms with Crippen molar-refractivity contribution in [3.05, 3.63) is 24.3 Å². The SMILES string of the molecule is CCOc1cccc(Oc2nc(NN)nc(OC)n2)c1. The number of nitrogens with two attached hydrogens (primary N) is 1. The molecule has 0 bridgehead atoms. The van der Waals surface area contributed by atoms with E-state index in [9.17, 15) is 0 Å². The number of nitrogens with zero attached hydrogens (tertiary/aromatic N) is 3. The van der Waals surface area contributed by atoms with E-state index in [0.29, 0.717) is 18.1 Å². The molecule has 1 aromatic carbocycles. The summed E-state index contributed by atoms with van der Waals surface area (Å²) in [6.07, 6.45) is 0. The van der Waals surface area contributed by atoms with Gasteiger partial charge in [0.15, 0.2) is 0 Å². The van der Waals surface area contributed by atoms with Crippen LogP contribution in [0.3, 0.4) is 0 Å². The van der Waals surface area contributed by atoms with Gasteiger partial charge in [0, 0.05) is 6.07 Å². The quantitative estimate of drug-likeness (QED) is 0.602. The lowest BCUT2D eigenvalue weighted by atomic mass is 10.3. The van der Waals surface area contributed by atoms with E-state index in [0.717, 1.165) is 0 Å². The average molecular weight is 277 g/mol. The Morgan fingerprint density at radius 1 is 1.15 bits per heavy atom. The second kappa shape index (κ2) is 6.53. The van der Waals surface area contributed by atoms with Crippen molar-refractivity contribution in [3.8, 4) is 23.5 Å². The smallest absolute Gasteiger partial charge is 0.330 e. The molecule has 0 fully saturated rings. The molecule has 20 heavy (non-hydrogen) atoms. The molecule has 0 saturated heterocycles. The van der Waals surface area contributed by atoms with Gasteiger partial charge in [0.25, 0.3) is 0 Å². The molecule has 0 saturated carbocycles. The Balaban J connectivity index is 2.22. The third-order valence-corrected chi connectivity index (χ3v) is 2.23. The minimum Gasteiger partial charge on any atom is -0.494 e. The highest BCUT2D eigenvalue weighted by molar-refractivity contribution is 5.35. The Morgan fingerprint density at radius 2 is 1.90 bits per heavy atom. The van der Waals surface area contributed by atoms with E-state index in [4.69, 9.17) is 20.1 Å². The van der Waals surface area contributed by atoms with Crippen molar-refractivity contribution in [2.45, 2.75) is 6.92 Å². The summed E-state index contributed by atoms with van der Waals surface area (Å²) < 4.78 is 15.9. The Kier molecular flexibility index (Phi) is 4.51. The lowest BCUT2D eigenvalue weighted by Gasteiger charge is -2.08. The van der Waals surface area contributed by atoms with Crippen molar-refractivity contribution in [1.29, 1.82) is 0 Å². The summed E-state index contributed by atoms with van der Waals surface area (Å²) in [6.45, 7) is 2.48. The zero-order valence-electron chi connectivity index (χ0n) is 11.2. The molecule has 2 aromatic rings.